The highest BCUT2D eigenvalue weighted by atomic mass is 32.2. The first-order chi connectivity index (χ1) is 22.2. The zero-order chi connectivity index (χ0) is 34.6. The van der Waals surface area contributed by atoms with Crippen molar-refractivity contribution in [3.8, 4) is 0 Å². The molecule has 0 aliphatic heterocycles. The molecule has 0 heterocycles. The van der Waals surface area contributed by atoms with Gasteiger partial charge in [-0.05, 0) is 66.8 Å². The van der Waals surface area contributed by atoms with Crippen LogP contribution in [0.5, 0.6) is 0 Å². The van der Waals surface area contributed by atoms with E-state index >= 15 is 0 Å². The molecule has 0 aromatic heterocycles. The van der Waals surface area contributed by atoms with E-state index in [9.17, 15) is 32.7 Å². The Balaban J connectivity index is 1.50. The molecule has 0 aliphatic rings. The highest BCUT2D eigenvalue weighted by Crippen LogP contribution is 2.19. The van der Waals surface area contributed by atoms with Crippen LogP contribution in [-0.4, -0.2) is 61.0 Å². The molecule has 47 heavy (non-hydrogen) atoms. The van der Waals surface area contributed by atoms with Crippen LogP contribution in [0.25, 0.3) is 0 Å². The fourth-order valence-electron chi connectivity index (χ4n) is 4.77. The highest BCUT2D eigenvalue weighted by molar-refractivity contribution is 7.92. The average Bonchev–Trinajstić information content (AvgIpc) is 3.03. The van der Waals surface area contributed by atoms with Crippen molar-refractivity contribution < 1.29 is 37.8 Å². The molecule has 0 spiro atoms. The van der Waals surface area contributed by atoms with Crippen molar-refractivity contribution >= 4 is 39.4 Å². The van der Waals surface area contributed by atoms with E-state index in [-0.39, 0.29) is 65.4 Å². The first-order valence-electron chi connectivity index (χ1n) is 15.3. The largest absolute Gasteiger partial charge is 0.478 e. The second-order valence-corrected chi connectivity index (χ2v) is 13.4. The van der Waals surface area contributed by atoms with E-state index in [1.807, 2.05) is 13.8 Å². The normalized spacial score (nSPS) is 13.2. The number of amides is 3. The molecule has 3 aromatic carbocycles. The minimum absolute atomic E-state index is 0.0286. The molecule has 0 saturated carbocycles. The summed E-state index contributed by atoms with van der Waals surface area (Å²) in [5.41, 5.74) is 1.28. The van der Waals surface area contributed by atoms with Crippen LogP contribution in [0.2, 0.25) is 0 Å². The fourth-order valence-corrected chi connectivity index (χ4v) is 5.84. The number of hydrogen-bond donors (Lipinski definition) is 6. The third-order valence-electron chi connectivity index (χ3n) is 7.32. The van der Waals surface area contributed by atoms with Gasteiger partial charge in [-0.3, -0.25) is 19.1 Å². The average molecular weight is 667 g/mol. The number of carboxylic acids is 1. The first-order valence-corrected chi connectivity index (χ1v) is 16.8. The van der Waals surface area contributed by atoms with Crippen molar-refractivity contribution in [2.75, 3.05) is 11.3 Å². The summed E-state index contributed by atoms with van der Waals surface area (Å²) in [6.07, 6.45) is -0.543. The minimum Gasteiger partial charge on any atom is -0.478 e. The Labute approximate surface area is 275 Å². The molecule has 0 unspecified atom stereocenters. The van der Waals surface area contributed by atoms with E-state index in [0.717, 1.165) is 5.56 Å². The lowest BCUT2D eigenvalue weighted by Gasteiger charge is -2.27. The lowest BCUT2D eigenvalue weighted by Crippen LogP contribution is -2.46. The lowest BCUT2D eigenvalue weighted by molar-refractivity contribution is -0.126. The predicted molar refractivity (Wildman–Crippen MR) is 177 cm³/mol. The maximum atomic E-state index is 13.2. The van der Waals surface area contributed by atoms with Gasteiger partial charge in [-0.25, -0.2) is 13.2 Å². The fraction of sp³-hybridized carbons (Fsp3) is 0.353. The number of sulfonamides is 1. The van der Waals surface area contributed by atoms with E-state index in [0.29, 0.717) is 6.42 Å². The Bertz CT molecular complexity index is 1630. The molecule has 3 rings (SSSR count). The van der Waals surface area contributed by atoms with Crippen LogP contribution in [0.15, 0.2) is 83.8 Å². The molecule has 13 heteroatoms. The Morgan fingerprint density at radius 1 is 0.809 bits per heavy atom. The Morgan fingerprint density at radius 2 is 1.49 bits per heavy atom. The van der Waals surface area contributed by atoms with Gasteiger partial charge < -0.3 is 26.2 Å². The second-order valence-electron chi connectivity index (χ2n) is 11.7. The quantitative estimate of drug-likeness (QED) is 0.126. The van der Waals surface area contributed by atoms with Gasteiger partial charge >= 0.3 is 5.97 Å². The van der Waals surface area contributed by atoms with E-state index in [1.165, 1.54) is 42.5 Å². The topological polar surface area (TPSA) is 191 Å². The van der Waals surface area contributed by atoms with Crippen LogP contribution in [0.1, 0.15) is 66.3 Å². The van der Waals surface area contributed by atoms with Crippen molar-refractivity contribution in [3.05, 3.63) is 95.6 Å². The molecule has 252 valence electrons. The van der Waals surface area contributed by atoms with Crippen molar-refractivity contribution in [1.82, 2.24) is 16.0 Å². The van der Waals surface area contributed by atoms with Gasteiger partial charge in [0.1, 0.15) is 0 Å². The number of benzene rings is 3. The smallest absolute Gasteiger partial charge is 0.335 e. The highest BCUT2D eigenvalue weighted by Gasteiger charge is 2.27. The summed E-state index contributed by atoms with van der Waals surface area (Å²) < 4.78 is 27.9. The summed E-state index contributed by atoms with van der Waals surface area (Å²) in [4.78, 5) is 49.2. The number of rotatable bonds is 17. The van der Waals surface area contributed by atoms with Crippen LogP contribution in [-0.2, 0) is 26.2 Å². The van der Waals surface area contributed by atoms with Crippen LogP contribution in [0.3, 0.4) is 0 Å². The van der Waals surface area contributed by atoms with Gasteiger partial charge in [-0.1, -0.05) is 57.2 Å². The summed E-state index contributed by atoms with van der Waals surface area (Å²) in [5, 5.41) is 28.3. The maximum Gasteiger partial charge on any atom is 0.335 e. The van der Waals surface area contributed by atoms with E-state index in [1.54, 1.807) is 43.3 Å². The van der Waals surface area contributed by atoms with Crippen molar-refractivity contribution in [2.24, 2.45) is 11.8 Å². The molecule has 0 saturated heterocycles. The maximum absolute atomic E-state index is 13.2. The number of nitrogens with one attached hydrogen (secondary N) is 4. The standard InChI is InChI=1S/C34H42N4O8S/c1-22(2)18-29(37-33(42)26-8-7-9-27(20-26)38-47(45,46)28-10-5-4-6-11-28)30(39)19-23(3)32(41)35-17-16-31(40)36-21-24-12-14-25(15-13-24)34(43)44/h4-15,20,22-23,29-30,38-39H,16-19,21H2,1-3H3,(H,35,41)(H,36,40)(H,37,42)(H,43,44)/t23-,29+,30+/m1/s1. The molecule has 0 radical (unpaired) electrons. The zero-order valence-corrected chi connectivity index (χ0v) is 27.4. The Morgan fingerprint density at radius 3 is 2.13 bits per heavy atom. The SMILES string of the molecule is CC(C)C[C@H](NC(=O)c1cccc(NS(=O)(=O)c2ccccc2)c1)[C@@H](O)C[C@@H](C)C(=O)NCCC(=O)NCc1ccc(C(=O)O)cc1. The molecule has 3 amide bonds. The molecular weight excluding hydrogens is 624 g/mol. The Hall–Kier alpha value is -4.75. The first kappa shape index (κ1) is 36.7. The number of hydrogen-bond acceptors (Lipinski definition) is 7. The van der Waals surface area contributed by atoms with Gasteiger partial charge in [0.05, 0.1) is 22.6 Å². The molecular formula is C34H42N4O8S. The molecule has 3 atom stereocenters. The lowest BCUT2D eigenvalue weighted by atomic mass is 9.92. The van der Waals surface area contributed by atoms with Crippen molar-refractivity contribution in [2.45, 2.75) is 63.6 Å². The molecule has 0 bridgehead atoms. The van der Waals surface area contributed by atoms with Crippen LogP contribution in [0, 0.1) is 11.8 Å². The molecule has 0 aliphatic carbocycles. The zero-order valence-electron chi connectivity index (χ0n) is 26.6. The van der Waals surface area contributed by atoms with E-state index in [2.05, 4.69) is 20.7 Å². The number of aromatic carboxylic acids is 1. The molecule has 3 aromatic rings. The number of aliphatic hydroxyl groups is 1. The molecule has 12 nitrogen and oxygen atoms in total. The number of carboxylic acid groups (broad SMARTS) is 1. The molecule has 0 fully saturated rings. The van der Waals surface area contributed by atoms with Gasteiger partial charge in [-0.15, -0.1) is 0 Å². The monoisotopic (exact) mass is 666 g/mol. The summed E-state index contributed by atoms with van der Waals surface area (Å²) in [5.74, 6) is -2.70. The number of carbonyl (C=O) groups excluding carboxylic acids is 3. The predicted octanol–water partition coefficient (Wildman–Crippen LogP) is 3.54. The van der Waals surface area contributed by atoms with Crippen molar-refractivity contribution in [3.63, 3.8) is 0 Å². The van der Waals surface area contributed by atoms with Crippen LogP contribution in [0.4, 0.5) is 5.69 Å². The Kier molecular flexibility index (Phi) is 13.5. The second kappa shape index (κ2) is 17.2. The van der Waals surface area contributed by atoms with E-state index in [4.69, 9.17) is 5.11 Å². The number of aliphatic hydroxyl groups excluding tert-OH is 1. The van der Waals surface area contributed by atoms with Gasteiger partial charge in [0.15, 0.2) is 0 Å². The summed E-state index contributed by atoms with van der Waals surface area (Å²) in [6.45, 7) is 5.83. The van der Waals surface area contributed by atoms with Gasteiger partial charge in [0.2, 0.25) is 11.8 Å². The summed E-state index contributed by atoms with van der Waals surface area (Å²) in [7, 11) is -3.86. The van der Waals surface area contributed by atoms with Gasteiger partial charge in [0.25, 0.3) is 15.9 Å². The third-order valence-corrected chi connectivity index (χ3v) is 8.72. The summed E-state index contributed by atoms with van der Waals surface area (Å²) in [6, 6.07) is 19.3. The van der Waals surface area contributed by atoms with Crippen molar-refractivity contribution in [1.29, 1.82) is 0 Å². The molecule has 6 N–H and O–H groups in total. The minimum atomic E-state index is -3.86. The van der Waals surface area contributed by atoms with Crippen LogP contribution >= 0.6 is 0 Å². The van der Waals surface area contributed by atoms with Crippen LogP contribution < -0.4 is 20.7 Å². The van der Waals surface area contributed by atoms with Gasteiger partial charge in [0, 0.05) is 36.7 Å². The van der Waals surface area contributed by atoms with E-state index < -0.39 is 40.0 Å². The third kappa shape index (κ3) is 11.8. The summed E-state index contributed by atoms with van der Waals surface area (Å²) >= 11 is 0. The number of anilines is 1. The number of carbonyl (C=O) groups is 4. The van der Waals surface area contributed by atoms with Gasteiger partial charge in [-0.2, -0.15) is 0 Å².